The van der Waals surface area contributed by atoms with E-state index < -0.39 is 34.7 Å². The van der Waals surface area contributed by atoms with Crippen molar-refractivity contribution in [1.82, 2.24) is 0 Å². The van der Waals surface area contributed by atoms with Crippen molar-refractivity contribution in [2.24, 2.45) is 0 Å². The molecule has 2 aromatic carbocycles. The van der Waals surface area contributed by atoms with Gasteiger partial charge >= 0.3 is 6.18 Å². The number of alkyl halides is 3. The fraction of sp³-hybridized carbons (Fsp3) is 0.133. The second-order valence-corrected chi connectivity index (χ2v) is 5.49. The number of hydrogen-bond donors (Lipinski definition) is 3. The first-order valence-corrected chi connectivity index (χ1v) is 6.77. The molecule has 0 aliphatic carbocycles. The first kappa shape index (κ1) is 15.6. The van der Waals surface area contributed by atoms with Crippen molar-refractivity contribution in [2.75, 3.05) is 5.32 Å². The van der Waals surface area contributed by atoms with Gasteiger partial charge in [-0.15, -0.1) is 0 Å². The van der Waals surface area contributed by atoms with Gasteiger partial charge in [0, 0.05) is 16.1 Å². The summed E-state index contributed by atoms with van der Waals surface area (Å²) < 4.78 is 39.2. The molecule has 0 aromatic heterocycles. The maximum Gasteiger partial charge on any atom is 0.418 e. The molecule has 4 nitrogen and oxygen atoms in total. The zero-order valence-corrected chi connectivity index (χ0v) is 12.0. The van der Waals surface area contributed by atoms with E-state index in [9.17, 15) is 28.2 Å². The van der Waals surface area contributed by atoms with Gasteiger partial charge in [-0.2, -0.15) is 13.2 Å². The van der Waals surface area contributed by atoms with E-state index in [0.29, 0.717) is 0 Å². The summed E-state index contributed by atoms with van der Waals surface area (Å²) in [7, 11) is 0. The third kappa shape index (κ3) is 2.24. The van der Waals surface area contributed by atoms with E-state index in [2.05, 4.69) is 0 Å². The third-order valence-corrected chi connectivity index (χ3v) is 3.91. The molecule has 0 spiro atoms. The fourth-order valence-electron chi connectivity index (χ4n) is 2.62. The number of aliphatic hydroxyl groups is 1. The first-order valence-electron chi connectivity index (χ1n) is 6.39. The molecule has 1 aliphatic heterocycles. The van der Waals surface area contributed by atoms with Crippen molar-refractivity contribution in [3.8, 4) is 5.75 Å². The molecule has 1 amide bonds. The highest BCUT2D eigenvalue weighted by molar-refractivity contribution is 6.30. The molecule has 1 unspecified atom stereocenters. The molecule has 8 heteroatoms. The summed E-state index contributed by atoms with van der Waals surface area (Å²) in [5.41, 5.74) is -4.67. The Kier molecular flexibility index (Phi) is 3.31. The second kappa shape index (κ2) is 4.87. The molecule has 120 valence electrons. The van der Waals surface area contributed by atoms with Crippen molar-refractivity contribution in [1.29, 1.82) is 0 Å². The van der Waals surface area contributed by atoms with Gasteiger partial charge in [0.05, 0.1) is 11.3 Å². The van der Waals surface area contributed by atoms with Gasteiger partial charge in [0.2, 0.25) is 0 Å². The van der Waals surface area contributed by atoms with E-state index in [1.165, 1.54) is 12.1 Å². The van der Waals surface area contributed by atoms with E-state index in [-0.39, 0.29) is 16.1 Å². The van der Waals surface area contributed by atoms with Crippen LogP contribution < -0.4 is 5.32 Å². The van der Waals surface area contributed by atoms with E-state index in [1.807, 2.05) is 5.32 Å². The van der Waals surface area contributed by atoms with Crippen LogP contribution in [0.5, 0.6) is 5.75 Å². The zero-order chi connectivity index (χ0) is 17.0. The Balaban J connectivity index is 2.29. The normalized spacial score (nSPS) is 20.3. The highest BCUT2D eigenvalue weighted by Gasteiger charge is 2.51. The third-order valence-electron chi connectivity index (χ3n) is 3.68. The minimum absolute atomic E-state index is 0.111. The Morgan fingerprint density at radius 3 is 2.48 bits per heavy atom. The lowest BCUT2D eigenvalue weighted by Gasteiger charge is -2.23. The lowest BCUT2D eigenvalue weighted by Crippen LogP contribution is -2.35. The van der Waals surface area contributed by atoms with E-state index in [1.54, 1.807) is 0 Å². The molecule has 23 heavy (non-hydrogen) atoms. The summed E-state index contributed by atoms with van der Waals surface area (Å²) in [4.78, 5) is 12.2. The minimum atomic E-state index is -4.71. The van der Waals surface area contributed by atoms with Crippen molar-refractivity contribution in [3.05, 3.63) is 58.1 Å². The molecule has 1 heterocycles. The van der Waals surface area contributed by atoms with Crippen LogP contribution in [-0.4, -0.2) is 16.1 Å². The average Bonchev–Trinajstić information content (AvgIpc) is 2.73. The van der Waals surface area contributed by atoms with E-state index in [0.717, 1.165) is 24.3 Å². The maximum atomic E-state index is 13.1. The molecular formula is C15H9ClF3NO3. The molecule has 0 fully saturated rings. The number of benzene rings is 2. The van der Waals surface area contributed by atoms with E-state index in [4.69, 9.17) is 11.6 Å². The number of amides is 1. The molecule has 1 atom stereocenters. The number of phenolic OH excluding ortho intramolecular Hbond substituents is 1. The summed E-state index contributed by atoms with van der Waals surface area (Å²) in [6.07, 6.45) is -4.71. The van der Waals surface area contributed by atoms with Crippen LogP contribution in [-0.2, 0) is 16.6 Å². The van der Waals surface area contributed by atoms with Crippen LogP contribution in [0.4, 0.5) is 18.9 Å². The monoisotopic (exact) mass is 343 g/mol. The lowest BCUT2D eigenvalue weighted by atomic mass is 9.86. The number of carbonyl (C=O) groups is 1. The van der Waals surface area contributed by atoms with Crippen LogP contribution in [0.15, 0.2) is 36.4 Å². The van der Waals surface area contributed by atoms with Crippen LogP contribution in [0.3, 0.4) is 0 Å². The van der Waals surface area contributed by atoms with Gasteiger partial charge in [-0.1, -0.05) is 23.7 Å². The second-order valence-electron chi connectivity index (χ2n) is 5.05. The van der Waals surface area contributed by atoms with Crippen LogP contribution in [0.1, 0.15) is 16.7 Å². The fourth-order valence-corrected chi connectivity index (χ4v) is 2.79. The topological polar surface area (TPSA) is 69.6 Å². The molecular weight excluding hydrogens is 335 g/mol. The number of hydrogen-bond acceptors (Lipinski definition) is 3. The predicted molar refractivity (Wildman–Crippen MR) is 76.2 cm³/mol. The predicted octanol–water partition coefficient (Wildman–Crippen LogP) is 3.25. The molecule has 3 rings (SSSR count). The van der Waals surface area contributed by atoms with E-state index >= 15 is 0 Å². The van der Waals surface area contributed by atoms with Crippen LogP contribution in [0.25, 0.3) is 0 Å². The molecule has 0 bridgehead atoms. The number of aromatic hydroxyl groups is 1. The molecule has 0 radical (unpaired) electrons. The molecule has 1 aliphatic rings. The Bertz CT molecular complexity index is 822. The molecule has 0 saturated heterocycles. The Morgan fingerprint density at radius 1 is 1.13 bits per heavy atom. The van der Waals surface area contributed by atoms with Gasteiger partial charge in [-0.05, 0) is 24.3 Å². The number of carbonyl (C=O) groups excluding carboxylic acids is 1. The number of halogens is 4. The number of rotatable bonds is 1. The van der Waals surface area contributed by atoms with Gasteiger partial charge in [-0.25, -0.2) is 0 Å². The summed E-state index contributed by atoms with van der Waals surface area (Å²) in [5.74, 6) is -1.56. The van der Waals surface area contributed by atoms with Crippen molar-refractivity contribution < 1.29 is 28.2 Å². The number of anilines is 1. The quantitative estimate of drug-likeness (QED) is 0.744. The Labute approximate surface area is 133 Å². The highest BCUT2D eigenvalue weighted by Crippen LogP contribution is 2.48. The Hall–Kier alpha value is -2.25. The van der Waals surface area contributed by atoms with Gasteiger partial charge in [0.25, 0.3) is 5.91 Å². The van der Waals surface area contributed by atoms with Crippen molar-refractivity contribution >= 4 is 23.2 Å². The summed E-state index contributed by atoms with van der Waals surface area (Å²) in [5, 5.41) is 22.8. The summed E-state index contributed by atoms with van der Waals surface area (Å²) in [6, 6.07) is 6.66. The SMILES string of the molecule is O=C1Nc2c(C(F)(F)F)cccc2C1(O)c1cc(Cl)ccc1O. The van der Waals surface area contributed by atoms with Crippen LogP contribution >= 0.6 is 11.6 Å². The van der Waals surface area contributed by atoms with Crippen LogP contribution in [0, 0.1) is 0 Å². The molecule has 3 N–H and O–H groups in total. The molecule has 2 aromatic rings. The summed E-state index contributed by atoms with van der Waals surface area (Å²) in [6.45, 7) is 0. The van der Waals surface area contributed by atoms with Gasteiger partial charge in [0.15, 0.2) is 5.60 Å². The number of nitrogens with one attached hydrogen (secondary N) is 1. The minimum Gasteiger partial charge on any atom is -0.508 e. The Morgan fingerprint density at radius 2 is 1.83 bits per heavy atom. The van der Waals surface area contributed by atoms with Gasteiger partial charge in [-0.3, -0.25) is 4.79 Å². The number of para-hydroxylation sites is 1. The van der Waals surface area contributed by atoms with Crippen molar-refractivity contribution in [3.63, 3.8) is 0 Å². The van der Waals surface area contributed by atoms with Gasteiger partial charge < -0.3 is 15.5 Å². The van der Waals surface area contributed by atoms with Gasteiger partial charge in [0.1, 0.15) is 5.75 Å². The molecule has 0 saturated carbocycles. The van der Waals surface area contributed by atoms with Crippen LogP contribution in [0.2, 0.25) is 5.02 Å². The summed E-state index contributed by atoms with van der Waals surface area (Å²) >= 11 is 5.80. The first-order chi connectivity index (χ1) is 10.7. The number of phenols is 1. The largest absolute Gasteiger partial charge is 0.508 e. The number of fused-ring (bicyclic) bond motifs is 1. The standard InChI is InChI=1S/C15H9ClF3NO3/c16-7-4-5-11(21)10(6-7)14(23)8-2-1-3-9(15(17,18)19)12(8)20-13(14)22/h1-6,21,23H,(H,20,22). The lowest BCUT2D eigenvalue weighted by molar-refractivity contribution is -0.136. The highest BCUT2D eigenvalue weighted by atomic mass is 35.5. The zero-order valence-electron chi connectivity index (χ0n) is 11.3. The maximum absolute atomic E-state index is 13.1. The van der Waals surface area contributed by atoms with Crippen molar-refractivity contribution in [2.45, 2.75) is 11.8 Å². The average molecular weight is 344 g/mol. The smallest absolute Gasteiger partial charge is 0.418 e.